The predicted octanol–water partition coefficient (Wildman–Crippen LogP) is 2.60. The maximum atomic E-state index is 14.6. The standard InChI is InChI=1S/C20H24FN3O5/c1-20(2,3)29-17(25)8-16(22)23-14-7-15-11(6-13(14)21)18(26)12(19(27)28)9-24(15)10-4-5-10/h6-7,9-10,16,23H,4-5,8,22H2,1-3H3,(H,27,28). The summed E-state index contributed by atoms with van der Waals surface area (Å²) in [5.41, 5.74) is 4.55. The lowest BCUT2D eigenvalue weighted by atomic mass is 10.1. The molecule has 1 unspecified atom stereocenters. The second-order valence-corrected chi connectivity index (χ2v) is 8.21. The Morgan fingerprint density at radius 3 is 2.59 bits per heavy atom. The second kappa shape index (κ2) is 7.47. The van der Waals surface area contributed by atoms with Crippen LogP contribution in [0.5, 0.6) is 0 Å². The summed E-state index contributed by atoms with van der Waals surface area (Å²) in [5, 5.41) is 12.0. The van der Waals surface area contributed by atoms with E-state index in [1.807, 2.05) is 0 Å². The summed E-state index contributed by atoms with van der Waals surface area (Å²) in [6, 6.07) is 2.49. The number of halogens is 1. The average molecular weight is 405 g/mol. The van der Waals surface area contributed by atoms with E-state index in [2.05, 4.69) is 5.32 Å². The van der Waals surface area contributed by atoms with Crippen molar-refractivity contribution < 1.29 is 23.8 Å². The molecular weight excluding hydrogens is 381 g/mol. The zero-order valence-electron chi connectivity index (χ0n) is 16.5. The average Bonchev–Trinajstić information content (AvgIpc) is 3.39. The minimum Gasteiger partial charge on any atom is -0.477 e. The van der Waals surface area contributed by atoms with E-state index in [9.17, 15) is 23.9 Å². The summed E-state index contributed by atoms with van der Waals surface area (Å²) < 4.78 is 21.5. The summed E-state index contributed by atoms with van der Waals surface area (Å²) in [7, 11) is 0. The fraction of sp³-hybridized carbons (Fsp3) is 0.450. The zero-order chi connectivity index (χ0) is 21.5. The normalized spacial score (nSPS) is 15.2. The molecule has 1 atom stereocenters. The van der Waals surface area contributed by atoms with Crippen LogP contribution in [-0.2, 0) is 9.53 Å². The highest BCUT2D eigenvalue weighted by Gasteiger charge is 2.27. The molecule has 1 aromatic carbocycles. The maximum Gasteiger partial charge on any atom is 0.341 e. The third-order valence-electron chi connectivity index (χ3n) is 4.44. The number of aromatic carboxylic acids is 1. The molecule has 2 aromatic rings. The van der Waals surface area contributed by atoms with Crippen LogP contribution in [-0.4, -0.2) is 33.4 Å². The number of carbonyl (C=O) groups is 2. The number of anilines is 1. The molecule has 0 aliphatic heterocycles. The zero-order valence-corrected chi connectivity index (χ0v) is 16.5. The fourth-order valence-corrected chi connectivity index (χ4v) is 3.10. The second-order valence-electron chi connectivity index (χ2n) is 8.21. The number of ether oxygens (including phenoxy) is 1. The monoisotopic (exact) mass is 405 g/mol. The first-order valence-electron chi connectivity index (χ1n) is 9.32. The SMILES string of the molecule is CC(C)(C)OC(=O)CC(N)Nc1cc2c(cc1F)c(=O)c(C(=O)O)cn2C1CC1. The number of aromatic nitrogens is 1. The van der Waals surface area contributed by atoms with Gasteiger partial charge in [-0.05, 0) is 45.7 Å². The Kier molecular flexibility index (Phi) is 5.36. The Balaban J connectivity index is 1.94. The van der Waals surface area contributed by atoms with Gasteiger partial charge in [-0.1, -0.05) is 0 Å². The van der Waals surface area contributed by atoms with Crippen molar-refractivity contribution >= 4 is 28.5 Å². The Hall–Kier alpha value is -2.94. The highest BCUT2D eigenvalue weighted by molar-refractivity contribution is 5.93. The van der Waals surface area contributed by atoms with Gasteiger partial charge in [-0.3, -0.25) is 9.59 Å². The fourth-order valence-electron chi connectivity index (χ4n) is 3.10. The van der Waals surface area contributed by atoms with Crippen molar-refractivity contribution in [2.24, 2.45) is 5.73 Å². The molecule has 156 valence electrons. The van der Waals surface area contributed by atoms with Crippen LogP contribution < -0.4 is 16.5 Å². The van der Waals surface area contributed by atoms with Gasteiger partial charge in [0.05, 0.1) is 23.8 Å². The molecule has 4 N–H and O–H groups in total. The Labute approximate surface area is 166 Å². The number of hydrogen-bond acceptors (Lipinski definition) is 6. The third-order valence-corrected chi connectivity index (χ3v) is 4.44. The number of hydrogen-bond donors (Lipinski definition) is 3. The molecule has 1 saturated carbocycles. The van der Waals surface area contributed by atoms with E-state index in [4.69, 9.17) is 10.5 Å². The van der Waals surface area contributed by atoms with Crippen molar-refractivity contribution in [3.05, 3.63) is 39.9 Å². The van der Waals surface area contributed by atoms with E-state index in [1.54, 1.807) is 25.3 Å². The quantitative estimate of drug-likeness (QED) is 0.498. The lowest BCUT2D eigenvalue weighted by Gasteiger charge is -2.22. The van der Waals surface area contributed by atoms with Gasteiger partial charge in [0, 0.05) is 17.6 Å². The molecule has 1 aromatic heterocycles. The van der Waals surface area contributed by atoms with E-state index < -0.39 is 40.5 Å². The number of benzene rings is 1. The predicted molar refractivity (Wildman–Crippen MR) is 105 cm³/mol. The van der Waals surface area contributed by atoms with Gasteiger partial charge in [-0.2, -0.15) is 0 Å². The largest absolute Gasteiger partial charge is 0.477 e. The molecule has 29 heavy (non-hydrogen) atoms. The van der Waals surface area contributed by atoms with Gasteiger partial charge >= 0.3 is 11.9 Å². The third kappa shape index (κ3) is 4.73. The number of nitrogens with zero attached hydrogens (tertiary/aromatic N) is 1. The van der Waals surface area contributed by atoms with Crippen LogP contribution in [0.15, 0.2) is 23.1 Å². The van der Waals surface area contributed by atoms with Gasteiger partial charge in [0.15, 0.2) is 0 Å². The molecular formula is C20H24FN3O5. The number of carbonyl (C=O) groups excluding carboxylic acids is 1. The van der Waals surface area contributed by atoms with Crippen molar-refractivity contribution in [1.82, 2.24) is 4.57 Å². The number of fused-ring (bicyclic) bond motifs is 1. The molecule has 1 fully saturated rings. The lowest BCUT2D eigenvalue weighted by Crippen LogP contribution is -2.35. The van der Waals surface area contributed by atoms with Crippen molar-refractivity contribution in [1.29, 1.82) is 0 Å². The van der Waals surface area contributed by atoms with Crippen LogP contribution >= 0.6 is 0 Å². The van der Waals surface area contributed by atoms with E-state index in [0.29, 0.717) is 5.52 Å². The summed E-state index contributed by atoms with van der Waals surface area (Å²) in [4.78, 5) is 35.8. The Morgan fingerprint density at radius 2 is 2.03 bits per heavy atom. The lowest BCUT2D eigenvalue weighted by molar-refractivity contribution is -0.155. The van der Waals surface area contributed by atoms with E-state index in [1.165, 1.54) is 12.3 Å². The van der Waals surface area contributed by atoms with Crippen LogP contribution in [0.1, 0.15) is 56.4 Å². The number of carboxylic acids is 1. The molecule has 3 rings (SSSR count). The number of rotatable bonds is 6. The first kappa shape index (κ1) is 20.8. The van der Waals surface area contributed by atoms with E-state index in [0.717, 1.165) is 18.9 Å². The highest BCUT2D eigenvalue weighted by atomic mass is 19.1. The summed E-state index contributed by atoms with van der Waals surface area (Å²) in [6.45, 7) is 5.19. The summed E-state index contributed by atoms with van der Waals surface area (Å²) in [6.07, 6.45) is 1.90. The molecule has 1 heterocycles. The summed E-state index contributed by atoms with van der Waals surface area (Å²) in [5.74, 6) is -2.65. The Bertz CT molecular complexity index is 1040. The van der Waals surface area contributed by atoms with Gasteiger partial charge in [0.1, 0.15) is 17.0 Å². The van der Waals surface area contributed by atoms with E-state index in [-0.39, 0.29) is 23.5 Å². The molecule has 0 radical (unpaired) electrons. The first-order valence-corrected chi connectivity index (χ1v) is 9.32. The van der Waals surface area contributed by atoms with Crippen molar-refractivity contribution in [3.8, 4) is 0 Å². The number of esters is 1. The molecule has 1 aliphatic rings. The van der Waals surface area contributed by atoms with Gasteiger partial charge < -0.3 is 25.5 Å². The van der Waals surface area contributed by atoms with Crippen LogP contribution in [0.2, 0.25) is 0 Å². The first-order chi connectivity index (χ1) is 13.5. The molecule has 0 saturated heterocycles. The molecule has 1 aliphatic carbocycles. The molecule has 9 heteroatoms. The number of carboxylic acid groups (broad SMARTS) is 1. The molecule has 0 amide bonds. The molecule has 8 nitrogen and oxygen atoms in total. The van der Waals surface area contributed by atoms with Crippen LogP contribution in [0.25, 0.3) is 10.9 Å². The number of nitrogens with two attached hydrogens (primary N) is 1. The molecule has 0 spiro atoms. The topological polar surface area (TPSA) is 124 Å². The van der Waals surface area contributed by atoms with Crippen LogP contribution in [0.3, 0.4) is 0 Å². The number of pyridine rings is 1. The minimum atomic E-state index is -1.35. The van der Waals surface area contributed by atoms with Gasteiger partial charge in [-0.25, -0.2) is 9.18 Å². The Morgan fingerprint density at radius 1 is 1.38 bits per heavy atom. The van der Waals surface area contributed by atoms with Crippen LogP contribution in [0, 0.1) is 5.82 Å². The highest BCUT2D eigenvalue weighted by Crippen LogP contribution is 2.37. The number of nitrogens with one attached hydrogen (secondary N) is 1. The van der Waals surface area contributed by atoms with Crippen LogP contribution in [0.4, 0.5) is 10.1 Å². The van der Waals surface area contributed by atoms with Crippen molar-refractivity contribution in [3.63, 3.8) is 0 Å². The van der Waals surface area contributed by atoms with Crippen molar-refractivity contribution in [2.75, 3.05) is 5.32 Å². The van der Waals surface area contributed by atoms with Gasteiger partial charge in [-0.15, -0.1) is 0 Å². The minimum absolute atomic E-state index is 0.0134. The van der Waals surface area contributed by atoms with Gasteiger partial charge in [0.2, 0.25) is 5.43 Å². The molecule has 0 bridgehead atoms. The smallest absolute Gasteiger partial charge is 0.341 e. The van der Waals surface area contributed by atoms with Crippen molar-refractivity contribution in [2.45, 2.75) is 57.8 Å². The van der Waals surface area contributed by atoms with Gasteiger partial charge in [0.25, 0.3) is 0 Å². The maximum absolute atomic E-state index is 14.6. The summed E-state index contributed by atoms with van der Waals surface area (Å²) >= 11 is 0. The van der Waals surface area contributed by atoms with E-state index >= 15 is 0 Å².